The van der Waals surface area contributed by atoms with E-state index in [-0.39, 0.29) is 18.0 Å². The van der Waals surface area contributed by atoms with Gasteiger partial charge < -0.3 is 5.32 Å². The first kappa shape index (κ1) is 15.3. The number of nitrogens with one attached hydrogen (secondary N) is 2. The maximum atomic E-state index is 11.5. The van der Waals surface area contributed by atoms with Gasteiger partial charge in [0.15, 0.2) is 0 Å². The first-order valence-electron chi connectivity index (χ1n) is 5.16. The van der Waals surface area contributed by atoms with Gasteiger partial charge in [0.2, 0.25) is 5.95 Å². The molecule has 0 unspecified atom stereocenters. The number of aromatic nitrogens is 2. The standard InChI is InChI=1S/C10H16ClN3O.ClH/c1-2-3-6-12-10-13-7-8(4-5-11)9(15)14-10;/h7H,2-6H2,1H3,(H2,12,13,14,15);1H. The Balaban J connectivity index is 0.00000225. The Hall–Kier alpha value is -0.740. The van der Waals surface area contributed by atoms with Crippen molar-refractivity contribution in [3.63, 3.8) is 0 Å². The van der Waals surface area contributed by atoms with Gasteiger partial charge in [0, 0.05) is 24.2 Å². The van der Waals surface area contributed by atoms with E-state index in [1.807, 2.05) is 0 Å². The molecule has 0 atom stereocenters. The number of H-pyrrole nitrogens is 1. The lowest BCUT2D eigenvalue weighted by Gasteiger charge is -2.04. The van der Waals surface area contributed by atoms with Crippen LogP contribution in [-0.2, 0) is 6.42 Å². The van der Waals surface area contributed by atoms with Gasteiger partial charge in [-0.05, 0) is 12.8 Å². The Morgan fingerprint density at radius 1 is 1.56 bits per heavy atom. The smallest absolute Gasteiger partial charge is 0.255 e. The van der Waals surface area contributed by atoms with Crippen molar-refractivity contribution in [2.45, 2.75) is 26.2 Å². The average molecular weight is 266 g/mol. The van der Waals surface area contributed by atoms with Crippen LogP contribution in [0.1, 0.15) is 25.3 Å². The van der Waals surface area contributed by atoms with E-state index in [0.29, 0.717) is 23.8 Å². The van der Waals surface area contributed by atoms with Crippen LogP contribution in [0.25, 0.3) is 0 Å². The molecule has 0 bridgehead atoms. The summed E-state index contributed by atoms with van der Waals surface area (Å²) in [6.45, 7) is 2.94. The van der Waals surface area contributed by atoms with E-state index in [0.717, 1.165) is 19.4 Å². The van der Waals surface area contributed by atoms with E-state index in [9.17, 15) is 4.79 Å². The zero-order chi connectivity index (χ0) is 11.1. The molecule has 1 heterocycles. The number of alkyl halides is 1. The molecule has 0 fully saturated rings. The van der Waals surface area contributed by atoms with Crippen molar-refractivity contribution >= 4 is 30.0 Å². The van der Waals surface area contributed by atoms with Gasteiger partial charge >= 0.3 is 0 Å². The molecule has 0 radical (unpaired) electrons. The van der Waals surface area contributed by atoms with E-state index in [1.54, 1.807) is 6.20 Å². The van der Waals surface area contributed by atoms with Crippen LogP contribution in [0.3, 0.4) is 0 Å². The van der Waals surface area contributed by atoms with Crippen LogP contribution < -0.4 is 10.9 Å². The summed E-state index contributed by atoms with van der Waals surface area (Å²) in [4.78, 5) is 18.3. The minimum absolute atomic E-state index is 0. The summed E-state index contributed by atoms with van der Waals surface area (Å²) >= 11 is 5.55. The predicted octanol–water partition coefficient (Wildman–Crippen LogP) is 2.19. The fraction of sp³-hybridized carbons (Fsp3) is 0.600. The van der Waals surface area contributed by atoms with E-state index in [2.05, 4.69) is 22.2 Å². The number of nitrogens with zero attached hydrogens (tertiary/aromatic N) is 1. The fourth-order valence-electron chi connectivity index (χ4n) is 1.17. The van der Waals surface area contributed by atoms with Crippen molar-refractivity contribution < 1.29 is 0 Å². The van der Waals surface area contributed by atoms with Gasteiger partial charge in [0.1, 0.15) is 0 Å². The molecular weight excluding hydrogens is 249 g/mol. The third kappa shape index (κ3) is 4.86. The van der Waals surface area contributed by atoms with Gasteiger partial charge in [-0.25, -0.2) is 4.98 Å². The molecule has 2 N–H and O–H groups in total. The summed E-state index contributed by atoms with van der Waals surface area (Å²) in [7, 11) is 0. The maximum Gasteiger partial charge on any atom is 0.255 e. The highest BCUT2D eigenvalue weighted by atomic mass is 35.5. The van der Waals surface area contributed by atoms with Crippen molar-refractivity contribution in [1.82, 2.24) is 9.97 Å². The lowest BCUT2D eigenvalue weighted by Crippen LogP contribution is -2.17. The number of hydrogen-bond donors (Lipinski definition) is 2. The summed E-state index contributed by atoms with van der Waals surface area (Å²) in [5.41, 5.74) is 0.524. The zero-order valence-electron chi connectivity index (χ0n) is 9.25. The highest BCUT2D eigenvalue weighted by Gasteiger charge is 2.01. The molecule has 4 nitrogen and oxygen atoms in total. The van der Waals surface area contributed by atoms with E-state index >= 15 is 0 Å². The fourth-order valence-corrected chi connectivity index (χ4v) is 1.38. The molecule has 1 aromatic rings. The van der Waals surface area contributed by atoms with Gasteiger partial charge in [-0.15, -0.1) is 24.0 Å². The number of halogens is 2. The van der Waals surface area contributed by atoms with Crippen LogP contribution >= 0.6 is 24.0 Å². The Morgan fingerprint density at radius 2 is 2.31 bits per heavy atom. The molecule has 0 saturated heterocycles. The van der Waals surface area contributed by atoms with E-state index in [1.165, 1.54) is 0 Å². The quantitative estimate of drug-likeness (QED) is 0.613. The van der Waals surface area contributed by atoms with Gasteiger partial charge in [0.25, 0.3) is 5.56 Å². The van der Waals surface area contributed by atoms with Crippen LogP contribution in [0.4, 0.5) is 5.95 Å². The molecular formula is C10H17Cl2N3O. The highest BCUT2D eigenvalue weighted by molar-refractivity contribution is 6.17. The Labute approximate surface area is 106 Å². The van der Waals surface area contributed by atoms with Crippen molar-refractivity contribution in [2.24, 2.45) is 0 Å². The van der Waals surface area contributed by atoms with Gasteiger partial charge in [-0.1, -0.05) is 13.3 Å². The first-order valence-corrected chi connectivity index (χ1v) is 5.69. The monoisotopic (exact) mass is 265 g/mol. The highest BCUT2D eigenvalue weighted by Crippen LogP contribution is 1.98. The SMILES string of the molecule is CCCCNc1ncc(CCCl)c(=O)[nH]1.Cl. The normalized spacial score (nSPS) is 9.62. The number of rotatable bonds is 6. The summed E-state index contributed by atoms with van der Waals surface area (Å²) in [6.07, 6.45) is 4.31. The molecule has 16 heavy (non-hydrogen) atoms. The first-order chi connectivity index (χ1) is 7.27. The third-order valence-electron chi connectivity index (χ3n) is 2.06. The van der Waals surface area contributed by atoms with E-state index in [4.69, 9.17) is 11.6 Å². The topological polar surface area (TPSA) is 57.8 Å². The molecule has 0 aliphatic carbocycles. The summed E-state index contributed by atoms with van der Waals surface area (Å²) < 4.78 is 0. The molecule has 1 rings (SSSR count). The number of aromatic amines is 1. The second kappa shape index (κ2) is 8.42. The van der Waals surface area contributed by atoms with Gasteiger partial charge in [0.05, 0.1) is 0 Å². The van der Waals surface area contributed by atoms with Crippen molar-refractivity contribution in [3.8, 4) is 0 Å². The molecule has 0 aliphatic heterocycles. The summed E-state index contributed by atoms with van der Waals surface area (Å²) in [5.74, 6) is 0.972. The molecule has 0 amide bonds. The summed E-state index contributed by atoms with van der Waals surface area (Å²) in [6, 6.07) is 0. The second-order valence-corrected chi connectivity index (χ2v) is 3.68. The van der Waals surface area contributed by atoms with Crippen molar-refractivity contribution in [3.05, 3.63) is 22.1 Å². The number of anilines is 1. The molecule has 6 heteroatoms. The average Bonchev–Trinajstić information content (AvgIpc) is 2.23. The van der Waals surface area contributed by atoms with Crippen molar-refractivity contribution in [1.29, 1.82) is 0 Å². The number of aryl methyl sites for hydroxylation is 1. The third-order valence-corrected chi connectivity index (χ3v) is 2.25. The van der Waals surface area contributed by atoms with Crippen molar-refractivity contribution in [2.75, 3.05) is 17.7 Å². The van der Waals surface area contributed by atoms with Crippen LogP contribution in [0, 0.1) is 0 Å². The van der Waals surface area contributed by atoms with Gasteiger partial charge in [-0.2, -0.15) is 0 Å². The number of hydrogen-bond acceptors (Lipinski definition) is 3. The Bertz CT molecular complexity index is 354. The Morgan fingerprint density at radius 3 is 2.88 bits per heavy atom. The Kier molecular flexibility index (Phi) is 8.03. The molecule has 0 aromatic carbocycles. The number of unbranched alkanes of at least 4 members (excludes halogenated alkanes) is 1. The lowest BCUT2D eigenvalue weighted by molar-refractivity contribution is 0.823. The molecule has 0 aliphatic rings. The molecule has 0 spiro atoms. The predicted molar refractivity (Wildman–Crippen MR) is 69.9 cm³/mol. The second-order valence-electron chi connectivity index (χ2n) is 3.31. The minimum Gasteiger partial charge on any atom is -0.356 e. The zero-order valence-corrected chi connectivity index (χ0v) is 10.8. The largest absolute Gasteiger partial charge is 0.356 e. The van der Waals surface area contributed by atoms with Crippen LogP contribution in [0.5, 0.6) is 0 Å². The van der Waals surface area contributed by atoms with Crippen LogP contribution in [-0.4, -0.2) is 22.4 Å². The molecule has 0 saturated carbocycles. The summed E-state index contributed by atoms with van der Waals surface area (Å²) in [5, 5.41) is 3.06. The molecule has 92 valence electrons. The van der Waals surface area contributed by atoms with Crippen LogP contribution in [0.2, 0.25) is 0 Å². The van der Waals surface area contributed by atoms with E-state index < -0.39 is 0 Å². The van der Waals surface area contributed by atoms with Crippen LogP contribution in [0.15, 0.2) is 11.0 Å². The minimum atomic E-state index is -0.107. The molecule has 1 aromatic heterocycles. The maximum absolute atomic E-state index is 11.5. The lowest BCUT2D eigenvalue weighted by atomic mass is 10.3. The van der Waals surface area contributed by atoms with Gasteiger partial charge in [-0.3, -0.25) is 9.78 Å².